The molecule has 12 heteroatoms. The number of aromatic nitrogens is 6. The van der Waals surface area contributed by atoms with Gasteiger partial charge in [-0.2, -0.15) is 10.1 Å². The number of hydrogen-bond acceptors (Lipinski definition) is 9. The van der Waals surface area contributed by atoms with Gasteiger partial charge in [0.15, 0.2) is 22.9 Å². The molecule has 0 bridgehead atoms. The van der Waals surface area contributed by atoms with Crippen LogP contribution in [0.2, 0.25) is 5.15 Å². The van der Waals surface area contributed by atoms with Gasteiger partial charge < -0.3 is 20.5 Å². The number of ether oxygens (including phenoxy) is 1. The second-order valence-electron chi connectivity index (χ2n) is 8.20. The summed E-state index contributed by atoms with van der Waals surface area (Å²) in [5.74, 6) is 6.01. The fourth-order valence-corrected chi connectivity index (χ4v) is 3.96. The number of amides is 1. The number of morpholine rings is 1. The summed E-state index contributed by atoms with van der Waals surface area (Å²) in [7, 11) is 0. The van der Waals surface area contributed by atoms with Crippen LogP contribution in [0, 0.1) is 11.8 Å². The van der Waals surface area contributed by atoms with Gasteiger partial charge >= 0.3 is 0 Å². The average Bonchev–Trinajstić information content (AvgIpc) is 3.26. The zero-order valence-corrected chi connectivity index (χ0v) is 20.0. The number of anilines is 1. The molecular weight excluding hydrogens is 484 g/mol. The van der Waals surface area contributed by atoms with Crippen LogP contribution < -0.4 is 5.73 Å². The van der Waals surface area contributed by atoms with E-state index < -0.39 is 5.60 Å². The van der Waals surface area contributed by atoms with Gasteiger partial charge in [-0.3, -0.25) is 4.79 Å². The Kier molecular flexibility index (Phi) is 6.24. The van der Waals surface area contributed by atoms with E-state index >= 15 is 0 Å². The maximum Gasteiger partial charge on any atom is 0.275 e. The molecule has 3 aromatic heterocycles. The van der Waals surface area contributed by atoms with Gasteiger partial charge in [-0.15, -0.1) is 0 Å². The Balaban J connectivity index is 1.62. The van der Waals surface area contributed by atoms with Crippen LogP contribution >= 0.6 is 11.6 Å². The topological polar surface area (TPSA) is 145 Å². The van der Waals surface area contributed by atoms with Crippen molar-refractivity contribution >= 4 is 34.4 Å². The van der Waals surface area contributed by atoms with Crippen LogP contribution in [0.1, 0.15) is 28.8 Å². The van der Waals surface area contributed by atoms with E-state index in [-0.39, 0.29) is 28.5 Å². The molecule has 0 radical (unpaired) electrons. The third kappa shape index (κ3) is 4.70. The van der Waals surface area contributed by atoms with Gasteiger partial charge in [-0.25, -0.2) is 19.6 Å². The predicted molar refractivity (Wildman–Crippen MR) is 131 cm³/mol. The van der Waals surface area contributed by atoms with Gasteiger partial charge in [-0.1, -0.05) is 23.4 Å². The number of nitrogen functional groups attached to an aromatic ring is 1. The van der Waals surface area contributed by atoms with Crippen molar-refractivity contribution in [1.29, 1.82) is 0 Å². The molecule has 1 aliphatic rings. The number of benzene rings is 1. The van der Waals surface area contributed by atoms with Gasteiger partial charge in [0, 0.05) is 42.5 Å². The van der Waals surface area contributed by atoms with E-state index in [0.29, 0.717) is 48.6 Å². The summed E-state index contributed by atoms with van der Waals surface area (Å²) < 4.78 is 6.85. The van der Waals surface area contributed by atoms with Crippen LogP contribution in [0.25, 0.3) is 16.7 Å². The van der Waals surface area contributed by atoms with Crippen LogP contribution in [0.5, 0.6) is 0 Å². The van der Waals surface area contributed by atoms with Gasteiger partial charge in [-0.05, 0) is 31.2 Å². The quantitative estimate of drug-likeness (QED) is 0.313. The van der Waals surface area contributed by atoms with Gasteiger partial charge in [0.05, 0.1) is 18.7 Å². The van der Waals surface area contributed by atoms with Crippen molar-refractivity contribution in [3.8, 4) is 17.7 Å². The highest BCUT2D eigenvalue weighted by Crippen LogP contribution is 2.26. The minimum absolute atomic E-state index is 0.0305. The number of rotatable bonds is 3. The largest absolute Gasteiger partial charge is 0.378 e. The number of carbonyl (C=O) groups excluding carboxylic acids is 1. The smallest absolute Gasteiger partial charge is 0.275 e. The van der Waals surface area contributed by atoms with E-state index in [1.807, 2.05) is 0 Å². The molecule has 0 aliphatic carbocycles. The number of halogens is 1. The van der Waals surface area contributed by atoms with Crippen molar-refractivity contribution in [2.75, 3.05) is 32.0 Å². The van der Waals surface area contributed by atoms with Crippen molar-refractivity contribution in [3.63, 3.8) is 0 Å². The Morgan fingerprint density at radius 2 is 1.94 bits per heavy atom. The van der Waals surface area contributed by atoms with E-state index in [9.17, 15) is 9.90 Å². The number of carbonyl (C=O) groups is 1. The van der Waals surface area contributed by atoms with Crippen LogP contribution in [-0.4, -0.2) is 71.9 Å². The van der Waals surface area contributed by atoms with Crippen LogP contribution in [0.4, 0.5) is 5.95 Å². The fraction of sp³-hybridized carbons (Fsp3) is 0.250. The summed E-state index contributed by atoms with van der Waals surface area (Å²) in [6, 6.07) is 8.42. The minimum Gasteiger partial charge on any atom is -0.378 e. The van der Waals surface area contributed by atoms with Crippen LogP contribution in [0.15, 0.2) is 42.7 Å². The van der Waals surface area contributed by atoms with E-state index in [1.54, 1.807) is 29.2 Å². The molecule has 4 heterocycles. The Labute approximate surface area is 210 Å². The number of fused-ring (bicyclic) bond motifs is 1. The maximum absolute atomic E-state index is 13.3. The first-order valence-electron chi connectivity index (χ1n) is 11.0. The van der Waals surface area contributed by atoms with Crippen molar-refractivity contribution in [2.24, 2.45) is 0 Å². The SMILES string of the molecule is CC(O)(C#Cc1ccc2c(C(=O)N3CCOCC3)nn(-c3cc(Cl)nc(N)n3)c2c1)c1ncccn1. The highest BCUT2D eigenvalue weighted by atomic mass is 35.5. The second-order valence-corrected chi connectivity index (χ2v) is 8.59. The Morgan fingerprint density at radius 1 is 1.19 bits per heavy atom. The van der Waals surface area contributed by atoms with Gasteiger partial charge in [0.25, 0.3) is 5.91 Å². The van der Waals surface area contributed by atoms with Crippen molar-refractivity contribution in [3.05, 3.63) is 65.0 Å². The third-order valence-electron chi connectivity index (χ3n) is 5.55. The molecule has 3 N–H and O–H groups in total. The molecule has 11 nitrogen and oxygen atoms in total. The van der Waals surface area contributed by atoms with E-state index in [1.165, 1.54) is 30.1 Å². The number of aliphatic hydroxyl groups is 1. The summed E-state index contributed by atoms with van der Waals surface area (Å²) in [6.07, 6.45) is 3.07. The summed E-state index contributed by atoms with van der Waals surface area (Å²) in [6.45, 7) is 3.39. The van der Waals surface area contributed by atoms with Gasteiger partial charge in [0.2, 0.25) is 5.95 Å². The fourth-order valence-electron chi connectivity index (χ4n) is 3.77. The summed E-state index contributed by atoms with van der Waals surface area (Å²) in [4.78, 5) is 31.3. The first-order chi connectivity index (χ1) is 17.3. The lowest BCUT2D eigenvalue weighted by atomic mass is 10.1. The standard InChI is InChI=1S/C24H21ClN8O3/c1-24(35,22-27-7-2-8-28-22)6-5-15-3-4-16-17(13-15)33(19-14-18(25)29-23(26)30-19)31-20(16)21(34)32-9-11-36-12-10-32/h2-4,7-8,13-14,35H,9-12H2,1H3,(H2,26,29,30). The molecule has 1 aliphatic heterocycles. The number of nitrogens with two attached hydrogens (primary N) is 1. The molecule has 1 aromatic carbocycles. The van der Waals surface area contributed by atoms with Crippen LogP contribution in [-0.2, 0) is 10.3 Å². The number of hydrogen-bond donors (Lipinski definition) is 2. The van der Waals surface area contributed by atoms with Crippen molar-refractivity contribution in [1.82, 2.24) is 34.6 Å². The van der Waals surface area contributed by atoms with Crippen LogP contribution in [0.3, 0.4) is 0 Å². The third-order valence-corrected chi connectivity index (χ3v) is 5.74. The highest BCUT2D eigenvalue weighted by Gasteiger charge is 2.26. The first-order valence-corrected chi connectivity index (χ1v) is 11.4. The normalized spacial score (nSPS) is 15.2. The summed E-state index contributed by atoms with van der Waals surface area (Å²) in [5.41, 5.74) is 5.62. The van der Waals surface area contributed by atoms with E-state index in [2.05, 4.69) is 36.9 Å². The molecule has 0 spiro atoms. The molecule has 0 saturated carbocycles. The summed E-state index contributed by atoms with van der Waals surface area (Å²) in [5, 5.41) is 16.1. The highest BCUT2D eigenvalue weighted by molar-refractivity contribution is 6.29. The van der Waals surface area contributed by atoms with E-state index in [0.717, 1.165) is 0 Å². The molecule has 1 fully saturated rings. The minimum atomic E-state index is -1.57. The monoisotopic (exact) mass is 504 g/mol. The Morgan fingerprint density at radius 3 is 2.67 bits per heavy atom. The molecule has 1 saturated heterocycles. The lowest BCUT2D eigenvalue weighted by Gasteiger charge is -2.26. The van der Waals surface area contributed by atoms with Gasteiger partial charge in [0.1, 0.15) is 5.15 Å². The summed E-state index contributed by atoms with van der Waals surface area (Å²) >= 11 is 6.11. The lowest BCUT2D eigenvalue weighted by Crippen LogP contribution is -2.41. The molecule has 1 amide bonds. The Hall–Kier alpha value is -4.11. The predicted octanol–water partition coefficient (Wildman–Crippen LogP) is 1.57. The molecule has 1 unspecified atom stereocenters. The molecule has 4 aromatic rings. The molecule has 1 atom stereocenters. The maximum atomic E-state index is 13.3. The average molecular weight is 505 g/mol. The second kappa shape index (κ2) is 9.50. The zero-order chi connectivity index (χ0) is 25.3. The molecule has 36 heavy (non-hydrogen) atoms. The Bertz CT molecular complexity index is 1480. The van der Waals surface area contributed by atoms with Crippen molar-refractivity contribution in [2.45, 2.75) is 12.5 Å². The molecule has 5 rings (SSSR count). The number of nitrogens with zero attached hydrogens (tertiary/aromatic N) is 7. The lowest BCUT2D eigenvalue weighted by molar-refractivity contribution is 0.0300. The van der Waals surface area contributed by atoms with E-state index in [4.69, 9.17) is 22.1 Å². The van der Waals surface area contributed by atoms with Crippen molar-refractivity contribution < 1.29 is 14.6 Å². The zero-order valence-electron chi connectivity index (χ0n) is 19.2. The molecular formula is C24H21ClN8O3. The first kappa shape index (κ1) is 23.6. The molecule has 182 valence electrons.